The molecule has 0 spiro atoms. The van der Waals surface area contributed by atoms with Gasteiger partial charge in [0.05, 0.1) is 6.61 Å². The monoisotopic (exact) mass is 198 g/mol. The second-order valence-electron chi connectivity index (χ2n) is 1.81. The van der Waals surface area contributed by atoms with E-state index in [0.717, 1.165) is 0 Å². The number of esters is 1. The number of carboxylic acids is 1. The van der Waals surface area contributed by atoms with Gasteiger partial charge >= 0.3 is 41.5 Å². The number of rotatable bonds is 3. The fourth-order valence-electron chi connectivity index (χ4n) is 0.368. The SMILES string of the molecule is CCOC(=O)C(C)C(=O)O.[CH2-]C.[Na+]. The molecule has 0 aromatic carbocycles. The van der Waals surface area contributed by atoms with Crippen molar-refractivity contribution in [3.8, 4) is 0 Å². The van der Waals surface area contributed by atoms with Crippen LogP contribution in [0.4, 0.5) is 0 Å². The molecule has 0 aromatic heterocycles. The Morgan fingerprint density at radius 1 is 1.46 bits per heavy atom. The second-order valence-corrected chi connectivity index (χ2v) is 1.81. The molecule has 1 N–H and O–H groups in total. The van der Waals surface area contributed by atoms with Crippen LogP contribution in [0.2, 0.25) is 0 Å². The maximum Gasteiger partial charge on any atom is 1.00 e. The fourth-order valence-corrected chi connectivity index (χ4v) is 0.368. The van der Waals surface area contributed by atoms with Crippen LogP contribution in [0, 0.1) is 12.8 Å². The number of carbonyl (C=O) groups excluding carboxylic acids is 1. The molecule has 0 aromatic rings. The van der Waals surface area contributed by atoms with E-state index >= 15 is 0 Å². The maximum atomic E-state index is 10.6. The summed E-state index contributed by atoms with van der Waals surface area (Å²) in [5, 5.41) is 8.28. The molecule has 1 unspecified atom stereocenters. The summed E-state index contributed by atoms with van der Waals surface area (Å²) in [7, 11) is 0. The predicted octanol–water partition coefficient (Wildman–Crippen LogP) is -1.89. The molecule has 13 heavy (non-hydrogen) atoms. The first kappa shape index (κ1) is 18.7. The van der Waals surface area contributed by atoms with Crippen LogP contribution < -0.4 is 29.6 Å². The molecule has 1 atom stereocenters. The van der Waals surface area contributed by atoms with Crippen LogP contribution in [0.15, 0.2) is 0 Å². The molecule has 0 saturated carbocycles. The number of ether oxygens (including phenoxy) is 1. The molecule has 72 valence electrons. The summed E-state index contributed by atoms with van der Waals surface area (Å²) in [6, 6.07) is 0. The largest absolute Gasteiger partial charge is 1.00 e. The van der Waals surface area contributed by atoms with Crippen LogP contribution in [0.3, 0.4) is 0 Å². The van der Waals surface area contributed by atoms with E-state index in [4.69, 9.17) is 5.11 Å². The van der Waals surface area contributed by atoms with Crippen molar-refractivity contribution in [3.05, 3.63) is 6.92 Å². The van der Waals surface area contributed by atoms with Crippen molar-refractivity contribution in [1.29, 1.82) is 0 Å². The number of hydrogen-bond acceptors (Lipinski definition) is 3. The van der Waals surface area contributed by atoms with Crippen LogP contribution in [0.25, 0.3) is 0 Å². The molecule has 0 aliphatic carbocycles. The third kappa shape index (κ3) is 9.86. The standard InChI is InChI=1S/C6H10O4.C2H5.Na/c1-3-10-6(9)4(2)5(7)8;1-2;/h4H,3H2,1-2H3,(H,7,8);1H2,2H3;/q;-1;+1. The molecular weight excluding hydrogens is 183 g/mol. The Labute approximate surface area is 101 Å². The van der Waals surface area contributed by atoms with Gasteiger partial charge in [-0.25, -0.2) is 0 Å². The van der Waals surface area contributed by atoms with E-state index in [1.807, 2.05) is 0 Å². The van der Waals surface area contributed by atoms with Crippen molar-refractivity contribution < 1.29 is 49.0 Å². The normalized spacial score (nSPS) is 9.85. The summed E-state index contributed by atoms with van der Waals surface area (Å²) in [5.41, 5.74) is 0. The number of aliphatic carboxylic acids is 1. The number of hydrogen-bond donors (Lipinski definition) is 1. The Balaban J connectivity index is -0.000000309. The second kappa shape index (κ2) is 11.9. The van der Waals surface area contributed by atoms with E-state index in [9.17, 15) is 9.59 Å². The van der Waals surface area contributed by atoms with Crippen LogP contribution in [0.1, 0.15) is 20.8 Å². The van der Waals surface area contributed by atoms with Gasteiger partial charge in [0.25, 0.3) is 0 Å². The molecule has 0 heterocycles. The zero-order valence-electron chi connectivity index (χ0n) is 8.66. The summed E-state index contributed by atoms with van der Waals surface area (Å²) in [6.45, 7) is 8.14. The molecule has 0 radical (unpaired) electrons. The predicted molar refractivity (Wildman–Crippen MR) is 44.5 cm³/mol. The first-order valence-electron chi connectivity index (χ1n) is 3.69. The van der Waals surface area contributed by atoms with Gasteiger partial charge < -0.3 is 16.8 Å². The van der Waals surface area contributed by atoms with Gasteiger partial charge in [-0.15, -0.1) is 0 Å². The summed E-state index contributed by atoms with van der Waals surface area (Å²) in [6.07, 6.45) is 0. The average molecular weight is 198 g/mol. The number of carbonyl (C=O) groups is 2. The molecule has 0 bridgehead atoms. The molecule has 0 aliphatic heterocycles. The zero-order chi connectivity index (χ0) is 10.1. The molecule has 0 saturated heterocycles. The molecule has 5 heteroatoms. The maximum absolute atomic E-state index is 10.6. The van der Waals surface area contributed by atoms with Gasteiger partial charge in [-0.2, -0.15) is 6.92 Å². The summed E-state index contributed by atoms with van der Waals surface area (Å²) < 4.78 is 4.45. The van der Waals surface area contributed by atoms with Gasteiger partial charge in [0.1, 0.15) is 0 Å². The fraction of sp³-hybridized carbons (Fsp3) is 0.625. The van der Waals surface area contributed by atoms with Crippen LogP contribution in [-0.4, -0.2) is 23.7 Å². The molecule has 4 nitrogen and oxygen atoms in total. The average Bonchev–Trinajstić information content (AvgIpc) is 2.07. The van der Waals surface area contributed by atoms with E-state index < -0.39 is 17.9 Å². The van der Waals surface area contributed by atoms with E-state index in [1.165, 1.54) is 6.92 Å². The first-order chi connectivity index (χ1) is 5.59. The van der Waals surface area contributed by atoms with Gasteiger partial charge in [0.15, 0.2) is 5.92 Å². The Bertz CT molecular complexity index is 147. The van der Waals surface area contributed by atoms with Crippen molar-refractivity contribution in [1.82, 2.24) is 0 Å². The van der Waals surface area contributed by atoms with Crippen molar-refractivity contribution in [3.63, 3.8) is 0 Å². The topological polar surface area (TPSA) is 63.6 Å². The third-order valence-corrected chi connectivity index (χ3v) is 1.01. The van der Waals surface area contributed by atoms with Crippen LogP contribution >= 0.6 is 0 Å². The van der Waals surface area contributed by atoms with Gasteiger partial charge in [-0.1, -0.05) is 0 Å². The minimum absolute atomic E-state index is 0. The van der Waals surface area contributed by atoms with Crippen LogP contribution in [-0.2, 0) is 14.3 Å². The number of carboxylic acid groups (broad SMARTS) is 1. The Kier molecular flexibility index (Phi) is 17.1. The summed E-state index contributed by atoms with van der Waals surface area (Å²) >= 11 is 0. The van der Waals surface area contributed by atoms with Gasteiger partial charge in [0, 0.05) is 0 Å². The quantitative estimate of drug-likeness (QED) is 0.249. The summed E-state index contributed by atoms with van der Waals surface area (Å²) in [4.78, 5) is 20.7. The van der Waals surface area contributed by atoms with Gasteiger partial charge in [-0.3, -0.25) is 9.59 Å². The summed E-state index contributed by atoms with van der Waals surface area (Å²) in [5.74, 6) is -2.89. The van der Waals surface area contributed by atoms with E-state index in [0.29, 0.717) is 0 Å². The van der Waals surface area contributed by atoms with Gasteiger partial charge in [-0.05, 0) is 13.8 Å². The Hall–Kier alpha value is -0.0600. The molecule has 0 amide bonds. The molecule has 0 fully saturated rings. The zero-order valence-corrected chi connectivity index (χ0v) is 10.7. The first-order valence-corrected chi connectivity index (χ1v) is 3.69. The van der Waals surface area contributed by atoms with Crippen molar-refractivity contribution >= 4 is 11.9 Å². The van der Waals surface area contributed by atoms with E-state index in [2.05, 4.69) is 11.7 Å². The Morgan fingerprint density at radius 2 is 1.85 bits per heavy atom. The third-order valence-electron chi connectivity index (χ3n) is 1.01. The smallest absolute Gasteiger partial charge is 0.481 e. The van der Waals surface area contributed by atoms with Crippen molar-refractivity contribution in [2.75, 3.05) is 6.61 Å². The molecule has 0 aliphatic rings. The van der Waals surface area contributed by atoms with E-state index in [1.54, 1.807) is 13.8 Å². The minimum Gasteiger partial charge on any atom is -0.481 e. The Morgan fingerprint density at radius 3 is 2.08 bits per heavy atom. The van der Waals surface area contributed by atoms with Crippen molar-refractivity contribution in [2.45, 2.75) is 20.8 Å². The van der Waals surface area contributed by atoms with Gasteiger partial charge in [0.2, 0.25) is 0 Å². The van der Waals surface area contributed by atoms with Crippen molar-refractivity contribution in [2.24, 2.45) is 5.92 Å². The molecule has 0 rings (SSSR count). The molecular formula is C8H15NaO4. The van der Waals surface area contributed by atoms with Crippen LogP contribution in [0.5, 0.6) is 0 Å². The minimum atomic E-state index is -1.15. The van der Waals surface area contributed by atoms with E-state index in [-0.39, 0.29) is 36.2 Å².